The highest BCUT2D eigenvalue weighted by Crippen LogP contribution is 2.51. The van der Waals surface area contributed by atoms with Gasteiger partial charge in [0.1, 0.15) is 16.5 Å². The molecule has 0 aliphatic carbocycles. The molecule has 0 fully saturated rings. The van der Waals surface area contributed by atoms with Crippen molar-refractivity contribution in [2.75, 3.05) is 0 Å². The van der Waals surface area contributed by atoms with Crippen molar-refractivity contribution in [1.29, 1.82) is 0 Å². The molecule has 0 heterocycles. The second-order valence-electron chi connectivity index (χ2n) is 10.9. The van der Waals surface area contributed by atoms with Crippen LogP contribution in [0.2, 0.25) is 62.5 Å². The molecule has 0 aromatic rings. The van der Waals surface area contributed by atoms with E-state index in [1.54, 1.807) is 0 Å². The molecule has 22 heavy (non-hydrogen) atoms. The molecule has 6 heteroatoms. The van der Waals surface area contributed by atoms with Gasteiger partial charge in [0.25, 0.3) is 0 Å². The summed E-state index contributed by atoms with van der Waals surface area (Å²) in [7, 11) is -5.25. The van der Waals surface area contributed by atoms with Crippen molar-refractivity contribution in [2.24, 2.45) is 4.30 Å². The molecule has 0 saturated heterocycles. The van der Waals surface area contributed by atoms with E-state index in [0.717, 1.165) is 0 Å². The maximum Gasteiger partial charge on any atom is 0.207 e. The van der Waals surface area contributed by atoms with E-state index in [-0.39, 0.29) is 0 Å². The maximum atomic E-state index is 5.72. The summed E-state index contributed by atoms with van der Waals surface area (Å²) in [6.45, 7) is 34.5. The summed E-state index contributed by atoms with van der Waals surface area (Å²) in [5.41, 5.74) is 0. The molecule has 0 unspecified atom stereocenters. The SMILES string of the molecule is C/[Si](=N\[Si](C)(C(C)(C)C)C(C)(C)C)N([Si](C)(C)C)[Si](C)(C)C. The van der Waals surface area contributed by atoms with Crippen LogP contribution >= 0.6 is 0 Å². The van der Waals surface area contributed by atoms with Gasteiger partial charge in [0.2, 0.25) is 8.75 Å². The van der Waals surface area contributed by atoms with Crippen molar-refractivity contribution in [3.63, 3.8) is 0 Å². The first-order valence-corrected chi connectivity index (χ1v) is 19.9. The molecule has 0 radical (unpaired) electrons. The maximum absolute atomic E-state index is 5.72. The summed E-state index contributed by atoms with van der Waals surface area (Å²) < 4.78 is 8.67. The van der Waals surface area contributed by atoms with Crippen LogP contribution in [-0.4, -0.2) is 37.4 Å². The molecule has 0 aliphatic heterocycles. The van der Waals surface area contributed by atoms with E-state index in [1.165, 1.54) is 0 Å². The summed E-state index contributed by atoms with van der Waals surface area (Å²) >= 11 is 0. The van der Waals surface area contributed by atoms with Crippen LogP contribution in [0.1, 0.15) is 41.5 Å². The van der Waals surface area contributed by atoms with Gasteiger partial charge in [0.05, 0.1) is 0 Å². The standard InChI is InChI=1S/C16H42N2Si4/c1-15(2,3)22(14,16(4,5)6)17-19(7)18(20(8,9)10)21(11,12)13/h1-14H3/b19-17+. The number of hydrogen-bond donors (Lipinski definition) is 0. The average Bonchev–Trinajstić information content (AvgIpc) is 2.07. The zero-order chi connectivity index (χ0) is 18.4. The van der Waals surface area contributed by atoms with Crippen LogP contribution in [0, 0.1) is 0 Å². The lowest BCUT2D eigenvalue weighted by atomic mass is 10.2. The molecule has 0 saturated carbocycles. The fourth-order valence-electron chi connectivity index (χ4n) is 3.81. The van der Waals surface area contributed by atoms with Gasteiger partial charge in [-0.25, -0.2) is 0 Å². The van der Waals surface area contributed by atoms with Crippen molar-refractivity contribution in [3.05, 3.63) is 0 Å². The number of hydrogen-bond acceptors (Lipinski definition) is 1. The quantitative estimate of drug-likeness (QED) is 0.511. The van der Waals surface area contributed by atoms with Gasteiger partial charge in [-0.2, -0.15) is 0 Å². The second kappa shape index (κ2) is 6.41. The Bertz CT molecular complexity index is 389. The van der Waals surface area contributed by atoms with Crippen LogP contribution in [0.4, 0.5) is 0 Å². The minimum Gasteiger partial charge on any atom is -0.449 e. The molecule has 0 aromatic heterocycles. The molecule has 0 amide bonds. The highest BCUT2D eigenvalue weighted by molar-refractivity contribution is 6.98. The third kappa shape index (κ3) is 4.98. The van der Waals surface area contributed by atoms with Crippen molar-refractivity contribution < 1.29 is 0 Å². The summed E-state index contributed by atoms with van der Waals surface area (Å²) in [5, 5.41) is 0.615. The fourth-order valence-corrected chi connectivity index (χ4v) is 28.4. The van der Waals surface area contributed by atoms with Crippen molar-refractivity contribution in [3.8, 4) is 0 Å². The molecular weight excluding hydrogens is 333 g/mol. The minimum atomic E-state index is -1.76. The van der Waals surface area contributed by atoms with Gasteiger partial charge >= 0.3 is 0 Å². The fraction of sp³-hybridized carbons (Fsp3) is 1.00. The van der Waals surface area contributed by atoms with Crippen molar-refractivity contribution >= 4 is 33.5 Å². The van der Waals surface area contributed by atoms with E-state index >= 15 is 0 Å². The van der Waals surface area contributed by atoms with E-state index in [2.05, 4.69) is 97.8 Å². The normalized spacial score (nSPS) is 16.0. The molecule has 0 spiro atoms. The van der Waals surface area contributed by atoms with E-state index in [4.69, 9.17) is 4.30 Å². The predicted molar refractivity (Wildman–Crippen MR) is 114 cm³/mol. The smallest absolute Gasteiger partial charge is 0.207 e. The Kier molecular flexibility index (Phi) is 6.54. The Morgan fingerprint density at radius 1 is 0.682 bits per heavy atom. The monoisotopic (exact) mass is 374 g/mol. The van der Waals surface area contributed by atoms with Crippen LogP contribution in [0.15, 0.2) is 4.30 Å². The Hall–Kier alpha value is 0.468. The molecule has 0 N–H and O–H groups in total. The van der Waals surface area contributed by atoms with Gasteiger partial charge in [-0.15, -0.1) is 0 Å². The molecule has 132 valence electrons. The molecule has 2 nitrogen and oxygen atoms in total. The number of rotatable bonds is 4. The summed E-state index contributed by atoms with van der Waals surface area (Å²) in [6, 6.07) is 0. The molecular formula is C16H42N2Si4. The van der Waals surface area contributed by atoms with Gasteiger partial charge in [-0.05, 0) is 23.2 Å². The third-order valence-corrected chi connectivity index (χ3v) is 27.2. The van der Waals surface area contributed by atoms with Crippen LogP contribution in [0.25, 0.3) is 0 Å². The predicted octanol–water partition coefficient (Wildman–Crippen LogP) is 6.52. The highest BCUT2D eigenvalue weighted by atomic mass is 28.5. The van der Waals surface area contributed by atoms with Crippen LogP contribution in [-0.2, 0) is 0 Å². The largest absolute Gasteiger partial charge is 0.449 e. The average molecular weight is 375 g/mol. The highest BCUT2D eigenvalue weighted by Gasteiger charge is 2.50. The molecule has 0 atom stereocenters. The van der Waals surface area contributed by atoms with E-state index in [9.17, 15) is 0 Å². The zero-order valence-electron chi connectivity index (χ0n) is 17.9. The van der Waals surface area contributed by atoms with Crippen LogP contribution in [0.3, 0.4) is 0 Å². The van der Waals surface area contributed by atoms with Crippen LogP contribution < -0.4 is 0 Å². The Morgan fingerprint density at radius 3 is 1.14 bits per heavy atom. The lowest BCUT2D eigenvalue weighted by Gasteiger charge is -2.50. The van der Waals surface area contributed by atoms with Gasteiger partial charge in [-0.3, -0.25) is 0 Å². The van der Waals surface area contributed by atoms with Crippen LogP contribution in [0.5, 0.6) is 0 Å². The second-order valence-corrected chi connectivity index (χ2v) is 29.4. The molecule has 0 aromatic carbocycles. The van der Waals surface area contributed by atoms with E-state index in [0.29, 0.717) is 10.1 Å². The third-order valence-electron chi connectivity index (χ3n) is 4.97. The van der Waals surface area contributed by atoms with Crippen molar-refractivity contribution in [1.82, 2.24) is 3.90 Å². The summed E-state index contributed by atoms with van der Waals surface area (Å²) in [5.74, 6) is 0. The molecule has 0 rings (SSSR count). The topological polar surface area (TPSA) is 15.6 Å². The van der Waals surface area contributed by atoms with E-state index < -0.39 is 33.5 Å². The molecule has 0 aliphatic rings. The van der Waals surface area contributed by atoms with Crippen molar-refractivity contribution in [2.45, 2.75) is 104 Å². The minimum absolute atomic E-state index is 0.307. The Morgan fingerprint density at radius 2 is 0.955 bits per heavy atom. The summed E-state index contributed by atoms with van der Waals surface area (Å²) in [6.07, 6.45) is 0. The summed E-state index contributed by atoms with van der Waals surface area (Å²) in [4.78, 5) is 0. The van der Waals surface area contributed by atoms with Gasteiger partial charge in [0, 0.05) is 0 Å². The molecule has 0 bridgehead atoms. The van der Waals surface area contributed by atoms with E-state index in [1.807, 2.05) is 0 Å². The first-order valence-electron chi connectivity index (χ1n) is 8.62. The first kappa shape index (κ1) is 22.5. The lowest BCUT2D eigenvalue weighted by molar-refractivity contribution is 0.614. The number of nitrogens with zero attached hydrogens (tertiary/aromatic N) is 2. The van der Waals surface area contributed by atoms with Gasteiger partial charge in [0.15, 0.2) is 8.24 Å². The first-order chi connectivity index (χ1) is 9.25. The Balaban J connectivity index is 6.21. The lowest BCUT2D eigenvalue weighted by Crippen LogP contribution is -2.63. The zero-order valence-corrected chi connectivity index (χ0v) is 21.9. The Labute approximate surface area is 145 Å². The van der Waals surface area contributed by atoms with Gasteiger partial charge < -0.3 is 8.20 Å². The van der Waals surface area contributed by atoms with Gasteiger partial charge in [-0.1, -0.05) is 80.8 Å².